The first-order chi connectivity index (χ1) is 13.8. The van der Waals surface area contributed by atoms with Gasteiger partial charge in [0.15, 0.2) is 0 Å². The van der Waals surface area contributed by atoms with E-state index in [-0.39, 0.29) is 35.1 Å². The van der Waals surface area contributed by atoms with Crippen LogP contribution in [0.25, 0.3) is 11.1 Å². The molecule has 0 unspecified atom stereocenters. The monoisotopic (exact) mass is 480 g/mol. The summed E-state index contributed by atoms with van der Waals surface area (Å²) in [5.74, 6) is -2.60. The molecule has 0 saturated carbocycles. The van der Waals surface area contributed by atoms with Crippen LogP contribution in [0.1, 0.15) is 31.8 Å². The van der Waals surface area contributed by atoms with Gasteiger partial charge in [0, 0.05) is 0 Å². The first kappa shape index (κ1) is 27.2. The maximum atomic E-state index is 12.4. The Kier molecular flexibility index (Phi) is 8.59. The third-order valence-electron chi connectivity index (χ3n) is 4.19. The van der Waals surface area contributed by atoms with Gasteiger partial charge in [0.1, 0.15) is 0 Å². The van der Waals surface area contributed by atoms with Crippen molar-refractivity contribution < 1.29 is 74.6 Å². The fourth-order valence-electron chi connectivity index (χ4n) is 3.03. The maximum absolute atomic E-state index is 12.4. The molecule has 162 valence electrons. The van der Waals surface area contributed by atoms with Gasteiger partial charge in [-0.15, -0.1) is 6.07 Å². The van der Waals surface area contributed by atoms with Gasteiger partial charge >= 0.3 is 29.6 Å². The summed E-state index contributed by atoms with van der Waals surface area (Å²) >= 11 is 0. The van der Waals surface area contributed by atoms with Crippen molar-refractivity contribution in [1.82, 2.24) is 0 Å². The topological polar surface area (TPSA) is 161 Å². The fourth-order valence-corrected chi connectivity index (χ4v) is 5.18. The third kappa shape index (κ3) is 5.34. The molecule has 2 N–H and O–H groups in total. The average molecular weight is 480 g/mol. The van der Waals surface area contributed by atoms with Crippen LogP contribution < -0.4 is 29.6 Å². The molecule has 0 aliphatic carbocycles. The average Bonchev–Trinajstić information content (AvgIpc) is 2.64. The molecule has 2 aromatic carbocycles. The van der Waals surface area contributed by atoms with Crippen molar-refractivity contribution in [2.45, 2.75) is 23.6 Å². The summed E-state index contributed by atoms with van der Waals surface area (Å²) in [6, 6.07) is 6.89. The number of carbonyl (C=O) groups is 2. The maximum Gasteiger partial charge on any atom is 1.00 e. The third-order valence-corrected chi connectivity index (χ3v) is 6.16. The Labute approximate surface area is 201 Å². The molecule has 2 aromatic rings. The van der Waals surface area contributed by atoms with Crippen LogP contribution in [0, 0.1) is 19.9 Å². The van der Waals surface area contributed by atoms with Crippen molar-refractivity contribution in [3.8, 4) is 11.1 Å². The summed E-state index contributed by atoms with van der Waals surface area (Å²) in [5, 5.41) is 0. The molecular formula is C18H17NaO10S2. The number of methoxy groups -OCH3 is 2. The number of aryl methyl sites for hydroxylation is 2. The summed E-state index contributed by atoms with van der Waals surface area (Å²) < 4.78 is 77.4. The van der Waals surface area contributed by atoms with Crippen LogP contribution in [0.3, 0.4) is 0 Å². The number of esters is 2. The smallest absolute Gasteiger partial charge is 0.500 e. The van der Waals surface area contributed by atoms with Crippen LogP contribution in [0.15, 0.2) is 28.0 Å². The number of benzene rings is 2. The van der Waals surface area contributed by atoms with Crippen LogP contribution in [0.2, 0.25) is 0 Å². The van der Waals surface area contributed by atoms with E-state index in [1.807, 2.05) is 0 Å². The van der Waals surface area contributed by atoms with Gasteiger partial charge in [-0.05, 0) is 30.5 Å². The van der Waals surface area contributed by atoms with Crippen LogP contribution in [0.5, 0.6) is 0 Å². The standard InChI is InChI=1S/C18H17O10S2.Na/c1-9-6-5-7-10(2)13(9)14-11(17(19)27-3)8-12(18(20)28-4)15(29(21,22)23)16(14)30(24,25)26;/h5-7H,1-4H3,(H,21,22,23)(H,24,25,26);/q-1;+1. The SMILES string of the molecule is COC(=O)c1[c-]c(C(=O)OC)c(S(=O)(=O)O)c(S(=O)(=O)O)c1-c1c(C)cccc1C.[Na+]. The molecule has 0 aromatic heterocycles. The van der Waals surface area contributed by atoms with Crippen molar-refractivity contribution in [2.24, 2.45) is 0 Å². The van der Waals surface area contributed by atoms with Crippen molar-refractivity contribution >= 4 is 32.2 Å². The first-order valence-corrected chi connectivity index (χ1v) is 10.9. The van der Waals surface area contributed by atoms with E-state index in [0.717, 1.165) is 14.2 Å². The van der Waals surface area contributed by atoms with Crippen LogP contribution >= 0.6 is 0 Å². The van der Waals surface area contributed by atoms with Gasteiger partial charge in [-0.2, -0.15) is 8.42 Å². The second kappa shape index (κ2) is 9.77. The molecule has 0 radical (unpaired) electrons. The zero-order chi connectivity index (χ0) is 23.0. The molecule has 0 atom stereocenters. The van der Waals surface area contributed by atoms with Gasteiger partial charge in [-0.3, -0.25) is 18.7 Å². The Morgan fingerprint density at radius 1 is 0.806 bits per heavy atom. The van der Waals surface area contributed by atoms with E-state index in [2.05, 4.69) is 15.5 Å². The summed E-state index contributed by atoms with van der Waals surface area (Å²) in [4.78, 5) is 21.7. The summed E-state index contributed by atoms with van der Waals surface area (Å²) in [6.45, 7) is 3.08. The van der Waals surface area contributed by atoms with Gasteiger partial charge in [0.25, 0.3) is 32.2 Å². The normalized spacial score (nSPS) is 11.4. The van der Waals surface area contributed by atoms with Crippen LogP contribution in [-0.4, -0.2) is 52.1 Å². The van der Waals surface area contributed by atoms with E-state index in [1.165, 1.54) is 0 Å². The molecule has 0 amide bonds. The van der Waals surface area contributed by atoms with Crippen molar-refractivity contribution in [1.29, 1.82) is 0 Å². The van der Waals surface area contributed by atoms with Crippen LogP contribution in [-0.2, 0) is 29.7 Å². The van der Waals surface area contributed by atoms with Crippen molar-refractivity contribution in [3.05, 3.63) is 46.5 Å². The summed E-state index contributed by atoms with van der Waals surface area (Å²) in [6.07, 6.45) is 0. The Morgan fingerprint density at radius 3 is 1.61 bits per heavy atom. The van der Waals surface area contributed by atoms with E-state index in [4.69, 9.17) is 0 Å². The molecule has 0 fully saturated rings. The van der Waals surface area contributed by atoms with Gasteiger partial charge in [-0.25, -0.2) is 8.42 Å². The van der Waals surface area contributed by atoms with Gasteiger partial charge in [-0.1, -0.05) is 34.9 Å². The van der Waals surface area contributed by atoms with E-state index in [1.54, 1.807) is 32.0 Å². The number of hydrogen-bond acceptors (Lipinski definition) is 8. The molecule has 0 bridgehead atoms. The largest absolute Gasteiger partial charge is 1.00 e. The Morgan fingerprint density at radius 2 is 1.23 bits per heavy atom. The van der Waals surface area contributed by atoms with Crippen molar-refractivity contribution in [2.75, 3.05) is 14.2 Å². The molecular weight excluding hydrogens is 463 g/mol. The van der Waals surface area contributed by atoms with Gasteiger partial charge in [0.2, 0.25) is 0 Å². The van der Waals surface area contributed by atoms with E-state index in [9.17, 15) is 35.5 Å². The second-order valence-electron chi connectivity index (χ2n) is 6.11. The molecule has 0 saturated heterocycles. The number of rotatable bonds is 5. The summed E-state index contributed by atoms with van der Waals surface area (Å²) in [5.41, 5.74) is -1.50. The molecule has 2 rings (SSSR count). The Balaban J connectivity index is 0.00000480. The minimum Gasteiger partial charge on any atom is -0.500 e. The van der Waals surface area contributed by atoms with E-state index >= 15 is 0 Å². The molecule has 13 heteroatoms. The Bertz CT molecular complexity index is 1240. The minimum absolute atomic E-state index is 0. The number of carbonyl (C=O) groups excluding carboxylic acids is 2. The van der Waals surface area contributed by atoms with Crippen LogP contribution in [0.4, 0.5) is 0 Å². The fraction of sp³-hybridized carbons (Fsp3) is 0.222. The second-order valence-corrected chi connectivity index (χ2v) is 8.83. The number of ether oxygens (including phenoxy) is 2. The van der Waals surface area contributed by atoms with Gasteiger partial charge < -0.3 is 9.47 Å². The van der Waals surface area contributed by atoms with E-state index < -0.39 is 58.7 Å². The predicted molar refractivity (Wildman–Crippen MR) is 102 cm³/mol. The zero-order valence-electron chi connectivity index (χ0n) is 17.2. The molecule has 0 aliphatic heterocycles. The van der Waals surface area contributed by atoms with Crippen molar-refractivity contribution in [3.63, 3.8) is 0 Å². The molecule has 0 heterocycles. The molecule has 10 nitrogen and oxygen atoms in total. The molecule has 0 spiro atoms. The minimum atomic E-state index is -5.43. The summed E-state index contributed by atoms with van der Waals surface area (Å²) in [7, 11) is -9.04. The zero-order valence-corrected chi connectivity index (χ0v) is 20.8. The van der Waals surface area contributed by atoms with Gasteiger partial charge in [0.05, 0.1) is 24.0 Å². The molecule has 31 heavy (non-hydrogen) atoms. The first-order valence-electron chi connectivity index (χ1n) is 8.07. The Hall–Kier alpha value is -1.80. The number of hydrogen-bond donors (Lipinski definition) is 2. The molecule has 0 aliphatic rings. The van der Waals surface area contributed by atoms with E-state index in [0.29, 0.717) is 11.1 Å². The predicted octanol–water partition coefficient (Wildman–Crippen LogP) is -1.16. The quantitative estimate of drug-likeness (QED) is 0.231.